The summed E-state index contributed by atoms with van der Waals surface area (Å²) in [4.78, 5) is 2.10. The van der Waals surface area contributed by atoms with E-state index in [2.05, 4.69) is 17.0 Å². The van der Waals surface area contributed by atoms with Crippen LogP contribution in [-0.4, -0.2) is 6.04 Å². The molecule has 0 saturated heterocycles. The topological polar surface area (TPSA) is 29.3 Å². The van der Waals surface area contributed by atoms with Crippen molar-refractivity contribution in [3.8, 4) is 0 Å². The number of allylic oxidation sites excluding steroid dienone is 2. The van der Waals surface area contributed by atoms with Gasteiger partial charge in [0.15, 0.2) is 0 Å². The summed E-state index contributed by atoms with van der Waals surface area (Å²) < 4.78 is 0. The summed E-state index contributed by atoms with van der Waals surface area (Å²) in [5.74, 6) is 0. The molecule has 0 saturated carbocycles. The molecule has 16 heavy (non-hydrogen) atoms. The highest BCUT2D eigenvalue weighted by atomic mass is 35.5. The molecule has 0 bridgehead atoms. The van der Waals surface area contributed by atoms with E-state index in [1.807, 2.05) is 36.6 Å². The molecule has 0 spiro atoms. The Kier molecular flexibility index (Phi) is 2.04. The first-order valence-electron chi connectivity index (χ1n) is 5.16. The highest BCUT2D eigenvalue weighted by Crippen LogP contribution is 2.34. The third-order valence-electron chi connectivity index (χ3n) is 2.88. The van der Waals surface area contributed by atoms with Crippen LogP contribution in [0.4, 0.5) is 5.69 Å². The van der Waals surface area contributed by atoms with Gasteiger partial charge in [0, 0.05) is 17.6 Å². The van der Waals surface area contributed by atoms with Crippen LogP contribution in [0.3, 0.4) is 0 Å². The maximum Gasteiger partial charge on any atom is 0.0917 e. The maximum absolute atomic E-state index is 6.05. The van der Waals surface area contributed by atoms with E-state index >= 15 is 0 Å². The second-order valence-corrected chi connectivity index (χ2v) is 4.36. The molecule has 3 heteroatoms. The molecule has 0 fully saturated rings. The Bertz CT molecular complexity index is 528. The van der Waals surface area contributed by atoms with E-state index in [0.717, 1.165) is 22.0 Å². The number of fused-ring (bicyclic) bond motifs is 3. The Hall–Kier alpha value is -1.67. The van der Waals surface area contributed by atoms with Crippen LogP contribution in [0.1, 0.15) is 5.56 Å². The molecule has 1 aromatic carbocycles. The number of nitrogens with zero attached hydrogens (tertiary/aromatic N) is 1. The molecule has 1 unspecified atom stereocenters. The molecular formula is C13H11ClN2. The summed E-state index contributed by atoms with van der Waals surface area (Å²) in [7, 11) is 0. The Morgan fingerprint density at radius 3 is 2.94 bits per heavy atom. The molecule has 1 aromatic rings. The molecule has 80 valence electrons. The van der Waals surface area contributed by atoms with Gasteiger partial charge in [-0.15, -0.1) is 0 Å². The molecule has 2 aliphatic heterocycles. The van der Waals surface area contributed by atoms with Gasteiger partial charge >= 0.3 is 0 Å². The lowest BCUT2D eigenvalue weighted by atomic mass is 9.99. The van der Waals surface area contributed by atoms with Crippen molar-refractivity contribution in [1.82, 2.24) is 0 Å². The van der Waals surface area contributed by atoms with E-state index in [9.17, 15) is 0 Å². The minimum absolute atomic E-state index is 0.0948. The maximum atomic E-state index is 6.05. The lowest BCUT2D eigenvalue weighted by Gasteiger charge is -2.35. The average molecular weight is 231 g/mol. The molecule has 0 aliphatic carbocycles. The van der Waals surface area contributed by atoms with Crippen LogP contribution in [0.2, 0.25) is 0 Å². The van der Waals surface area contributed by atoms with Crippen molar-refractivity contribution in [2.24, 2.45) is 5.73 Å². The zero-order chi connectivity index (χ0) is 11.1. The first-order valence-corrected chi connectivity index (χ1v) is 5.53. The SMILES string of the molecule is NC1=Cc2ccccc2N2C=C(Cl)C=CC12. The Morgan fingerprint density at radius 2 is 2.06 bits per heavy atom. The monoisotopic (exact) mass is 230 g/mol. The Morgan fingerprint density at radius 1 is 1.25 bits per heavy atom. The van der Waals surface area contributed by atoms with Crippen molar-refractivity contribution in [3.05, 3.63) is 58.9 Å². The van der Waals surface area contributed by atoms with E-state index in [1.165, 1.54) is 0 Å². The van der Waals surface area contributed by atoms with E-state index in [0.29, 0.717) is 0 Å². The van der Waals surface area contributed by atoms with Crippen molar-refractivity contribution < 1.29 is 0 Å². The zero-order valence-electron chi connectivity index (χ0n) is 8.60. The zero-order valence-corrected chi connectivity index (χ0v) is 9.35. The van der Waals surface area contributed by atoms with Gasteiger partial charge in [0.05, 0.1) is 11.1 Å². The van der Waals surface area contributed by atoms with Crippen molar-refractivity contribution in [1.29, 1.82) is 0 Å². The Balaban J connectivity index is 2.19. The van der Waals surface area contributed by atoms with Crippen LogP contribution >= 0.6 is 11.6 Å². The summed E-state index contributed by atoms with van der Waals surface area (Å²) >= 11 is 6.02. The van der Waals surface area contributed by atoms with Crippen LogP contribution < -0.4 is 10.6 Å². The summed E-state index contributed by atoms with van der Waals surface area (Å²) in [5, 5.41) is 0.723. The number of anilines is 1. The number of halogens is 1. The number of nitrogens with two attached hydrogens (primary N) is 1. The van der Waals surface area contributed by atoms with Crippen LogP contribution in [0.5, 0.6) is 0 Å². The summed E-state index contributed by atoms with van der Waals surface area (Å²) in [6, 6.07) is 8.25. The van der Waals surface area contributed by atoms with Gasteiger partial charge in [0.1, 0.15) is 0 Å². The number of hydrogen-bond acceptors (Lipinski definition) is 2. The fraction of sp³-hybridized carbons (Fsp3) is 0.0769. The molecule has 2 heterocycles. The van der Waals surface area contributed by atoms with Gasteiger partial charge < -0.3 is 10.6 Å². The lowest BCUT2D eigenvalue weighted by Crippen LogP contribution is -2.38. The molecule has 0 radical (unpaired) electrons. The predicted octanol–water partition coefficient (Wildman–Crippen LogP) is 2.82. The number of benzene rings is 1. The van der Waals surface area contributed by atoms with E-state index < -0.39 is 0 Å². The van der Waals surface area contributed by atoms with Gasteiger partial charge in [-0.1, -0.05) is 35.9 Å². The smallest absolute Gasteiger partial charge is 0.0917 e. The van der Waals surface area contributed by atoms with Crippen molar-refractivity contribution in [2.75, 3.05) is 4.90 Å². The van der Waals surface area contributed by atoms with Crippen LogP contribution in [0.15, 0.2) is 53.3 Å². The molecule has 2 N–H and O–H groups in total. The molecule has 0 amide bonds. The molecule has 2 aliphatic rings. The second kappa shape index (κ2) is 3.42. The van der Waals surface area contributed by atoms with Gasteiger partial charge in [-0.3, -0.25) is 0 Å². The number of hydrogen-bond donors (Lipinski definition) is 1. The number of para-hydroxylation sites is 1. The van der Waals surface area contributed by atoms with Gasteiger partial charge in [-0.05, 0) is 23.8 Å². The molecule has 2 nitrogen and oxygen atoms in total. The van der Waals surface area contributed by atoms with E-state index in [1.54, 1.807) is 0 Å². The second-order valence-electron chi connectivity index (χ2n) is 3.93. The first-order chi connectivity index (χ1) is 7.75. The van der Waals surface area contributed by atoms with E-state index in [4.69, 9.17) is 17.3 Å². The fourth-order valence-corrected chi connectivity index (χ4v) is 2.31. The van der Waals surface area contributed by atoms with Crippen LogP contribution in [-0.2, 0) is 0 Å². The van der Waals surface area contributed by atoms with Crippen molar-refractivity contribution >= 4 is 23.4 Å². The van der Waals surface area contributed by atoms with Gasteiger partial charge in [0.2, 0.25) is 0 Å². The molecule has 0 aromatic heterocycles. The molecular weight excluding hydrogens is 220 g/mol. The number of rotatable bonds is 0. The first kappa shape index (κ1) is 9.55. The van der Waals surface area contributed by atoms with Gasteiger partial charge in [-0.25, -0.2) is 0 Å². The third kappa shape index (κ3) is 1.34. The standard InChI is InChI=1S/C13H11ClN2/c14-10-5-6-13-11(15)7-9-3-1-2-4-12(9)16(13)8-10/h1-8,13H,15H2. The highest BCUT2D eigenvalue weighted by molar-refractivity contribution is 6.31. The van der Waals surface area contributed by atoms with Crippen molar-refractivity contribution in [2.45, 2.75) is 6.04 Å². The average Bonchev–Trinajstić information content (AvgIpc) is 2.29. The highest BCUT2D eigenvalue weighted by Gasteiger charge is 2.25. The fourth-order valence-electron chi connectivity index (χ4n) is 2.13. The Labute approximate surface area is 99.3 Å². The minimum Gasteiger partial charge on any atom is -0.400 e. The van der Waals surface area contributed by atoms with Crippen LogP contribution in [0.25, 0.3) is 6.08 Å². The van der Waals surface area contributed by atoms with E-state index in [-0.39, 0.29) is 6.04 Å². The predicted molar refractivity (Wildman–Crippen MR) is 67.9 cm³/mol. The minimum atomic E-state index is 0.0948. The summed E-state index contributed by atoms with van der Waals surface area (Å²) in [6.45, 7) is 0. The quantitative estimate of drug-likeness (QED) is 0.743. The molecule has 3 rings (SSSR count). The van der Waals surface area contributed by atoms with Gasteiger partial charge in [-0.2, -0.15) is 0 Å². The normalized spacial score (nSPS) is 22.1. The third-order valence-corrected chi connectivity index (χ3v) is 3.10. The summed E-state index contributed by atoms with van der Waals surface area (Å²) in [5.41, 5.74) is 9.16. The largest absolute Gasteiger partial charge is 0.400 e. The van der Waals surface area contributed by atoms with Crippen LogP contribution in [0, 0.1) is 0 Å². The molecule has 1 atom stereocenters. The van der Waals surface area contributed by atoms with Crippen molar-refractivity contribution in [3.63, 3.8) is 0 Å². The van der Waals surface area contributed by atoms with Gasteiger partial charge in [0.25, 0.3) is 0 Å². The summed E-state index contributed by atoms with van der Waals surface area (Å²) in [6.07, 6.45) is 7.85. The lowest BCUT2D eigenvalue weighted by molar-refractivity contribution is 0.850.